The predicted octanol–water partition coefficient (Wildman–Crippen LogP) is 5.18. The Bertz CT molecular complexity index is 893. The van der Waals surface area contributed by atoms with Crippen molar-refractivity contribution >= 4 is 45.8 Å². The van der Waals surface area contributed by atoms with Gasteiger partial charge in [0, 0.05) is 52.6 Å². The summed E-state index contributed by atoms with van der Waals surface area (Å²) in [6, 6.07) is 7.53. The summed E-state index contributed by atoms with van der Waals surface area (Å²) >= 11 is 7.87. The van der Waals surface area contributed by atoms with E-state index in [1.807, 2.05) is 53.8 Å². The standard InChI is InChI=1S/C21H25ClF3IN4O/c1-2-3-4-18-17(13-26)20(21(23,24)25)27-30(18)14-19(31)29-11-9-28(10-12-29)16-7-5-15(22)6-8-16/h5-8H,2-4,9-14H2,1H3. The molecule has 1 aromatic heterocycles. The molecule has 0 radical (unpaired) electrons. The lowest BCUT2D eigenvalue weighted by atomic mass is 10.1. The van der Waals surface area contributed by atoms with Crippen molar-refractivity contribution in [2.24, 2.45) is 0 Å². The van der Waals surface area contributed by atoms with E-state index in [0.29, 0.717) is 43.3 Å². The van der Waals surface area contributed by atoms with E-state index in [9.17, 15) is 18.0 Å². The number of piperazine rings is 1. The first-order valence-electron chi connectivity index (χ1n) is 10.2. The molecule has 0 spiro atoms. The van der Waals surface area contributed by atoms with Crippen LogP contribution in [-0.4, -0.2) is 46.8 Å². The maximum atomic E-state index is 13.5. The van der Waals surface area contributed by atoms with Crippen molar-refractivity contribution in [3.63, 3.8) is 0 Å². The fourth-order valence-corrected chi connectivity index (χ4v) is 4.68. The van der Waals surface area contributed by atoms with Gasteiger partial charge in [0.15, 0.2) is 5.69 Å². The molecular formula is C21H25ClF3IN4O. The summed E-state index contributed by atoms with van der Waals surface area (Å²) in [4.78, 5) is 16.8. The summed E-state index contributed by atoms with van der Waals surface area (Å²) in [7, 11) is 0. The monoisotopic (exact) mass is 568 g/mol. The summed E-state index contributed by atoms with van der Waals surface area (Å²) in [6.45, 7) is 4.15. The molecule has 2 aromatic rings. The van der Waals surface area contributed by atoms with Crippen LogP contribution in [-0.2, 0) is 28.4 Å². The van der Waals surface area contributed by atoms with Gasteiger partial charge >= 0.3 is 6.18 Å². The van der Waals surface area contributed by atoms with E-state index in [-0.39, 0.29) is 22.4 Å². The molecule has 0 N–H and O–H groups in total. The highest BCUT2D eigenvalue weighted by molar-refractivity contribution is 14.1. The molecule has 10 heteroatoms. The second-order valence-corrected chi connectivity index (χ2v) is 8.71. The van der Waals surface area contributed by atoms with Crippen LogP contribution >= 0.6 is 34.2 Å². The topological polar surface area (TPSA) is 41.4 Å². The number of amides is 1. The third-order valence-corrected chi connectivity index (χ3v) is 6.46. The molecule has 2 heterocycles. The highest BCUT2D eigenvalue weighted by atomic mass is 127. The minimum Gasteiger partial charge on any atom is -0.368 e. The summed E-state index contributed by atoms with van der Waals surface area (Å²) < 4.78 is 41.9. The smallest absolute Gasteiger partial charge is 0.368 e. The van der Waals surface area contributed by atoms with Crippen molar-refractivity contribution in [1.29, 1.82) is 0 Å². The molecule has 1 aliphatic heterocycles. The predicted molar refractivity (Wildman–Crippen MR) is 124 cm³/mol. The zero-order valence-electron chi connectivity index (χ0n) is 17.3. The van der Waals surface area contributed by atoms with Crippen LogP contribution in [0.5, 0.6) is 0 Å². The fourth-order valence-electron chi connectivity index (χ4n) is 3.75. The highest BCUT2D eigenvalue weighted by Crippen LogP contribution is 2.34. The number of hydrogen-bond acceptors (Lipinski definition) is 3. The lowest BCUT2D eigenvalue weighted by molar-refractivity contribution is -0.142. The molecule has 0 bridgehead atoms. The molecule has 1 saturated heterocycles. The van der Waals surface area contributed by atoms with Gasteiger partial charge in [0.1, 0.15) is 6.54 Å². The molecule has 0 unspecified atom stereocenters. The molecule has 0 atom stereocenters. The zero-order valence-corrected chi connectivity index (χ0v) is 20.2. The van der Waals surface area contributed by atoms with Gasteiger partial charge in [-0.15, -0.1) is 0 Å². The number of carbonyl (C=O) groups is 1. The van der Waals surface area contributed by atoms with Crippen LogP contribution in [0.25, 0.3) is 0 Å². The van der Waals surface area contributed by atoms with E-state index in [1.165, 1.54) is 4.68 Å². The number of carbonyl (C=O) groups excluding carboxylic acids is 1. The van der Waals surface area contributed by atoms with Gasteiger partial charge < -0.3 is 9.80 Å². The highest BCUT2D eigenvalue weighted by Gasteiger charge is 2.39. The molecule has 31 heavy (non-hydrogen) atoms. The second kappa shape index (κ2) is 10.4. The first-order valence-corrected chi connectivity index (χ1v) is 12.1. The summed E-state index contributed by atoms with van der Waals surface area (Å²) in [6.07, 6.45) is -2.44. The first kappa shape index (κ1) is 24.2. The normalized spacial score (nSPS) is 14.9. The van der Waals surface area contributed by atoms with Crippen LogP contribution in [0.15, 0.2) is 24.3 Å². The first-order chi connectivity index (χ1) is 14.7. The number of hydrogen-bond donors (Lipinski definition) is 0. The van der Waals surface area contributed by atoms with Crippen LogP contribution in [0.2, 0.25) is 5.02 Å². The van der Waals surface area contributed by atoms with Crippen molar-refractivity contribution < 1.29 is 18.0 Å². The Kier molecular flexibility index (Phi) is 8.12. The van der Waals surface area contributed by atoms with Crippen molar-refractivity contribution in [1.82, 2.24) is 14.7 Å². The number of unbranched alkanes of at least 4 members (excludes halogenated alkanes) is 1. The van der Waals surface area contributed by atoms with Crippen molar-refractivity contribution in [2.45, 2.75) is 43.3 Å². The van der Waals surface area contributed by atoms with Gasteiger partial charge in [0.25, 0.3) is 0 Å². The number of nitrogens with zero attached hydrogens (tertiary/aromatic N) is 4. The maximum Gasteiger partial charge on any atom is 0.435 e. The Labute approximate surface area is 198 Å². The van der Waals surface area contributed by atoms with Crippen molar-refractivity contribution in [3.8, 4) is 0 Å². The minimum absolute atomic E-state index is 0.167. The average Bonchev–Trinajstić information content (AvgIpc) is 3.10. The number of alkyl halides is 4. The molecule has 1 aliphatic rings. The number of halogens is 5. The minimum atomic E-state index is -4.53. The van der Waals surface area contributed by atoms with Crippen LogP contribution in [0.3, 0.4) is 0 Å². The summed E-state index contributed by atoms with van der Waals surface area (Å²) in [5, 5.41) is 4.49. The molecule has 1 amide bonds. The van der Waals surface area contributed by atoms with Gasteiger partial charge in [0.2, 0.25) is 5.91 Å². The molecular weight excluding hydrogens is 544 g/mol. The third kappa shape index (κ3) is 5.85. The molecule has 3 rings (SSSR count). The van der Waals surface area contributed by atoms with Gasteiger partial charge in [-0.3, -0.25) is 9.48 Å². The molecule has 0 aliphatic carbocycles. The molecule has 1 aromatic carbocycles. The van der Waals surface area contributed by atoms with E-state index in [4.69, 9.17) is 11.6 Å². The quantitative estimate of drug-likeness (QED) is 0.341. The van der Waals surface area contributed by atoms with Gasteiger partial charge in [-0.1, -0.05) is 47.5 Å². The third-order valence-electron chi connectivity index (χ3n) is 5.44. The maximum absolute atomic E-state index is 13.5. The largest absolute Gasteiger partial charge is 0.435 e. The average molecular weight is 569 g/mol. The van der Waals surface area contributed by atoms with Crippen molar-refractivity contribution in [2.75, 3.05) is 31.1 Å². The number of rotatable bonds is 7. The van der Waals surface area contributed by atoms with E-state index >= 15 is 0 Å². The Morgan fingerprint density at radius 1 is 1.16 bits per heavy atom. The van der Waals surface area contributed by atoms with Crippen molar-refractivity contribution in [3.05, 3.63) is 46.2 Å². The van der Waals surface area contributed by atoms with E-state index < -0.39 is 11.9 Å². The Morgan fingerprint density at radius 3 is 2.35 bits per heavy atom. The van der Waals surface area contributed by atoms with Crippen LogP contribution in [0, 0.1) is 0 Å². The fraction of sp³-hybridized carbons (Fsp3) is 0.524. The number of benzene rings is 1. The van der Waals surface area contributed by atoms with Gasteiger partial charge in [-0.2, -0.15) is 18.3 Å². The van der Waals surface area contributed by atoms with Crippen LogP contribution in [0.1, 0.15) is 36.7 Å². The Balaban J connectivity index is 1.71. The zero-order chi connectivity index (χ0) is 22.6. The lowest BCUT2D eigenvalue weighted by Crippen LogP contribution is -2.49. The summed E-state index contributed by atoms with van der Waals surface area (Å²) in [5.41, 5.74) is 0.888. The van der Waals surface area contributed by atoms with E-state index in [0.717, 1.165) is 18.5 Å². The lowest BCUT2D eigenvalue weighted by Gasteiger charge is -2.36. The Morgan fingerprint density at radius 2 is 1.81 bits per heavy atom. The van der Waals surface area contributed by atoms with Gasteiger partial charge in [-0.25, -0.2) is 0 Å². The summed E-state index contributed by atoms with van der Waals surface area (Å²) in [5.74, 6) is -0.204. The number of aromatic nitrogens is 2. The van der Waals surface area contributed by atoms with Crippen LogP contribution < -0.4 is 4.90 Å². The van der Waals surface area contributed by atoms with Gasteiger partial charge in [0.05, 0.1) is 0 Å². The molecule has 1 fully saturated rings. The SMILES string of the molecule is CCCCc1c(CI)c(C(F)(F)F)nn1CC(=O)N1CCN(c2ccc(Cl)cc2)CC1. The van der Waals surface area contributed by atoms with Crippen LogP contribution in [0.4, 0.5) is 18.9 Å². The second-order valence-electron chi connectivity index (χ2n) is 7.51. The molecule has 5 nitrogen and oxygen atoms in total. The Hall–Kier alpha value is -1.49. The molecule has 0 saturated carbocycles. The van der Waals surface area contributed by atoms with E-state index in [1.54, 1.807) is 4.90 Å². The number of anilines is 1. The van der Waals surface area contributed by atoms with E-state index in [2.05, 4.69) is 10.00 Å². The molecule has 170 valence electrons. The van der Waals surface area contributed by atoms with Gasteiger partial charge in [-0.05, 0) is 37.1 Å².